The van der Waals surface area contributed by atoms with Gasteiger partial charge in [0.25, 0.3) is 0 Å². The lowest BCUT2D eigenvalue weighted by molar-refractivity contribution is 0.414. The summed E-state index contributed by atoms with van der Waals surface area (Å²) in [5.74, 6) is 0.721. The molecule has 0 spiro atoms. The van der Waals surface area contributed by atoms with Crippen LogP contribution in [0.1, 0.15) is 11.6 Å². The van der Waals surface area contributed by atoms with Crippen molar-refractivity contribution in [1.82, 2.24) is 0 Å². The van der Waals surface area contributed by atoms with Crippen LogP contribution in [0.4, 0.5) is 0 Å². The fraction of sp³-hybridized carbons (Fsp3) is 0.222. The molecule has 0 amide bonds. The van der Waals surface area contributed by atoms with Gasteiger partial charge < -0.3 is 10.5 Å². The number of rotatable bonds is 2. The van der Waals surface area contributed by atoms with E-state index >= 15 is 0 Å². The average molecular weight is 162 g/mol. The maximum atomic E-state index is 8.54. The van der Waals surface area contributed by atoms with Crippen LogP contribution in [0.5, 0.6) is 5.75 Å². The van der Waals surface area contributed by atoms with E-state index in [1.807, 2.05) is 18.2 Å². The SMILES string of the molecule is COc1cccc([C@@H](N)C#N)c1. The Balaban J connectivity index is 2.95. The number of ether oxygens (including phenoxy) is 1. The van der Waals surface area contributed by atoms with E-state index in [0.29, 0.717) is 0 Å². The number of hydrogen-bond acceptors (Lipinski definition) is 3. The Labute approximate surface area is 71.4 Å². The molecule has 0 unspecified atom stereocenters. The largest absolute Gasteiger partial charge is 0.497 e. The van der Waals surface area contributed by atoms with Crippen molar-refractivity contribution in [2.45, 2.75) is 6.04 Å². The van der Waals surface area contributed by atoms with Gasteiger partial charge in [-0.3, -0.25) is 0 Å². The summed E-state index contributed by atoms with van der Waals surface area (Å²) in [7, 11) is 1.58. The minimum absolute atomic E-state index is 0.569. The van der Waals surface area contributed by atoms with Gasteiger partial charge in [-0.25, -0.2) is 0 Å². The molecular formula is C9H10N2O. The van der Waals surface area contributed by atoms with E-state index in [1.165, 1.54) is 0 Å². The Bertz CT molecular complexity index is 304. The van der Waals surface area contributed by atoms with Gasteiger partial charge in [-0.2, -0.15) is 5.26 Å². The zero-order valence-electron chi connectivity index (χ0n) is 6.82. The number of nitrogens with zero attached hydrogens (tertiary/aromatic N) is 1. The predicted octanol–water partition coefficient (Wildman–Crippen LogP) is 1.22. The van der Waals surface area contributed by atoms with Gasteiger partial charge in [-0.1, -0.05) is 12.1 Å². The summed E-state index contributed by atoms with van der Waals surface area (Å²) in [6.45, 7) is 0. The van der Waals surface area contributed by atoms with Gasteiger partial charge in [0.15, 0.2) is 0 Å². The zero-order valence-corrected chi connectivity index (χ0v) is 6.82. The van der Waals surface area contributed by atoms with E-state index in [4.69, 9.17) is 15.7 Å². The van der Waals surface area contributed by atoms with E-state index in [0.717, 1.165) is 11.3 Å². The van der Waals surface area contributed by atoms with Crippen molar-refractivity contribution in [3.05, 3.63) is 29.8 Å². The van der Waals surface area contributed by atoms with Crippen LogP contribution < -0.4 is 10.5 Å². The maximum Gasteiger partial charge on any atom is 0.119 e. The molecule has 3 nitrogen and oxygen atoms in total. The average Bonchev–Trinajstić information content (AvgIpc) is 2.17. The predicted molar refractivity (Wildman–Crippen MR) is 45.5 cm³/mol. The highest BCUT2D eigenvalue weighted by atomic mass is 16.5. The number of benzene rings is 1. The molecule has 0 saturated heterocycles. The first-order valence-corrected chi connectivity index (χ1v) is 3.57. The molecule has 1 atom stereocenters. The van der Waals surface area contributed by atoms with Crippen molar-refractivity contribution in [2.24, 2.45) is 5.73 Å². The quantitative estimate of drug-likeness (QED) is 0.711. The topological polar surface area (TPSA) is 59.0 Å². The third kappa shape index (κ3) is 1.74. The molecule has 0 aliphatic carbocycles. The van der Waals surface area contributed by atoms with Gasteiger partial charge in [0.2, 0.25) is 0 Å². The highest BCUT2D eigenvalue weighted by Crippen LogP contribution is 2.16. The molecule has 0 radical (unpaired) electrons. The van der Waals surface area contributed by atoms with Crippen molar-refractivity contribution in [3.8, 4) is 11.8 Å². The number of methoxy groups -OCH3 is 1. The second-order valence-corrected chi connectivity index (χ2v) is 2.38. The molecule has 12 heavy (non-hydrogen) atoms. The van der Waals surface area contributed by atoms with E-state index in [1.54, 1.807) is 19.2 Å². The molecule has 0 aromatic heterocycles. The van der Waals surface area contributed by atoms with Gasteiger partial charge in [0, 0.05) is 0 Å². The molecule has 0 aliphatic heterocycles. The number of hydrogen-bond donors (Lipinski definition) is 1. The van der Waals surface area contributed by atoms with E-state index < -0.39 is 6.04 Å². The van der Waals surface area contributed by atoms with Crippen LogP contribution in [0.15, 0.2) is 24.3 Å². The van der Waals surface area contributed by atoms with Crippen molar-refractivity contribution in [1.29, 1.82) is 5.26 Å². The standard InChI is InChI=1S/C9H10N2O/c1-12-8-4-2-3-7(5-8)9(11)6-10/h2-5,9H,11H2,1H3/t9-/m0/s1. The molecule has 1 aromatic carbocycles. The summed E-state index contributed by atoms with van der Waals surface area (Å²) in [6.07, 6.45) is 0. The summed E-state index contributed by atoms with van der Waals surface area (Å²) < 4.78 is 4.98. The molecule has 62 valence electrons. The van der Waals surface area contributed by atoms with Gasteiger partial charge in [0.1, 0.15) is 11.8 Å². The summed E-state index contributed by atoms with van der Waals surface area (Å²) in [5, 5.41) is 8.54. The molecule has 1 aromatic rings. The van der Waals surface area contributed by atoms with Gasteiger partial charge >= 0.3 is 0 Å². The molecule has 2 N–H and O–H groups in total. The smallest absolute Gasteiger partial charge is 0.119 e. The lowest BCUT2D eigenvalue weighted by Gasteiger charge is -2.04. The molecule has 3 heteroatoms. The van der Waals surface area contributed by atoms with Crippen molar-refractivity contribution in [3.63, 3.8) is 0 Å². The summed E-state index contributed by atoms with van der Waals surface area (Å²) >= 11 is 0. The Morgan fingerprint density at radius 2 is 2.33 bits per heavy atom. The lowest BCUT2D eigenvalue weighted by atomic mass is 10.1. The molecule has 0 heterocycles. The molecule has 1 rings (SSSR count). The summed E-state index contributed by atoms with van der Waals surface area (Å²) in [5.41, 5.74) is 6.28. The molecule has 0 saturated carbocycles. The first kappa shape index (κ1) is 8.57. The monoisotopic (exact) mass is 162 g/mol. The third-order valence-corrected chi connectivity index (χ3v) is 1.59. The van der Waals surface area contributed by atoms with Crippen LogP contribution in [0, 0.1) is 11.3 Å². The highest BCUT2D eigenvalue weighted by molar-refractivity contribution is 5.32. The Morgan fingerprint density at radius 3 is 2.92 bits per heavy atom. The minimum atomic E-state index is -0.569. The Morgan fingerprint density at radius 1 is 1.58 bits per heavy atom. The van der Waals surface area contributed by atoms with Crippen LogP contribution in [-0.2, 0) is 0 Å². The normalized spacial score (nSPS) is 11.8. The fourth-order valence-electron chi connectivity index (χ4n) is 0.910. The summed E-state index contributed by atoms with van der Waals surface area (Å²) in [6, 6.07) is 8.57. The Kier molecular flexibility index (Phi) is 2.67. The first-order valence-electron chi connectivity index (χ1n) is 3.57. The van der Waals surface area contributed by atoms with Crippen LogP contribution in [0.25, 0.3) is 0 Å². The molecule has 0 aliphatic rings. The second-order valence-electron chi connectivity index (χ2n) is 2.38. The van der Waals surface area contributed by atoms with Gasteiger partial charge in [-0.05, 0) is 17.7 Å². The fourth-order valence-corrected chi connectivity index (χ4v) is 0.910. The van der Waals surface area contributed by atoms with E-state index in [-0.39, 0.29) is 0 Å². The molecule has 0 bridgehead atoms. The maximum absolute atomic E-state index is 8.54. The van der Waals surface area contributed by atoms with Crippen LogP contribution in [0.3, 0.4) is 0 Å². The first-order chi connectivity index (χ1) is 5.77. The van der Waals surface area contributed by atoms with Crippen molar-refractivity contribution < 1.29 is 4.74 Å². The zero-order chi connectivity index (χ0) is 8.97. The van der Waals surface area contributed by atoms with Crippen LogP contribution in [0.2, 0.25) is 0 Å². The highest BCUT2D eigenvalue weighted by Gasteiger charge is 2.03. The van der Waals surface area contributed by atoms with Crippen LogP contribution in [-0.4, -0.2) is 7.11 Å². The van der Waals surface area contributed by atoms with Crippen LogP contribution >= 0.6 is 0 Å². The van der Waals surface area contributed by atoms with Gasteiger partial charge in [-0.15, -0.1) is 0 Å². The summed E-state index contributed by atoms with van der Waals surface area (Å²) in [4.78, 5) is 0. The minimum Gasteiger partial charge on any atom is -0.497 e. The number of nitrogens with two attached hydrogens (primary N) is 1. The van der Waals surface area contributed by atoms with Crippen molar-refractivity contribution >= 4 is 0 Å². The second kappa shape index (κ2) is 3.74. The number of nitriles is 1. The third-order valence-electron chi connectivity index (χ3n) is 1.59. The lowest BCUT2D eigenvalue weighted by Crippen LogP contribution is -2.06. The van der Waals surface area contributed by atoms with Crippen molar-refractivity contribution in [2.75, 3.05) is 7.11 Å². The van der Waals surface area contributed by atoms with Gasteiger partial charge in [0.05, 0.1) is 13.2 Å². The van der Waals surface area contributed by atoms with E-state index in [9.17, 15) is 0 Å². The molecule has 0 fully saturated rings. The molecular weight excluding hydrogens is 152 g/mol. The van der Waals surface area contributed by atoms with E-state index in [2.05, 4.69) is 0 Å². The Hall–Kier alpha value is -1.53.